The van der Waals surface area contributed by atoms with Gasteiger partial charge in [-0.3, -0.25) is 4.79 Å². The molecule has 148 valence electrons. The molecular weight excluding hydrogens is 371 g/mol. The first-order valence-electron chi connectivity index (χ1n) is 8.81. The molecule has 1 amide bonds. The Morgan fingerprint density at radius 3 is 2.71 bits per heavy atom. The van der Waals surface area contributed by atoms with Crippen molar-refractivity contribution in [1.82, 2.24) is 25.3 Å². The second-order valence-corrected chi connectivity index (χ2v) is 6.86. The van der Waals surface area contributed by atoms with E-state index in [0.717, 1.165) is 10.9 Å². The van der Waals surface area contributed by atoms with E-state index in [1.54, 1.807) is 38.5 Å². The van der Waals surface area contributed by atoms with Crippen LogP contribution in [0.15, 0.2) is 36.8 Å². The van der Waals surface area contributed by atoms with E-state index in [1.165, 1.54) is 0 Å². The number of alkyl halides is 3. The summed E-state index contributed by atoms with van der Waals surface area (Å²) < 4.78 is 37.3. The molecule has 0 saturated carbocycles. The molecule has 2 N–H and O–H groups in total. The van der Waals surface area contributed by atoms with E-state index in [9.17, 15) is 18.0 Å². The normalized spacial score (nSPS) is 14.0. The van der Waals surface area contributed by atoms with Gasteiger partial charge < -0.3 is 10.3 Å². The zero-order valence-corrected chi connectivity index (χ0v) is 15.5. The Bertz CT molecular complexity index is 985. The second-order valence-electron chi connectivity index (χ2n) is 6.86. The fourth-order valence-electron chi connectivity index (χ4n) is 2.92. The molecule has 3 aromatic rings. The van der Waals surface area contributed by atoms with E-state index in [2.05, 4.69) is 19.9 Å². The molecule has 0 spiro atoms. The molecule has 0 bridgehead atoms. The van der Waals surface area contributed by atoms with E-state index in [4.69, 9.17) is 0 Å². The lowest BCUT2D eigenvalue weighted by atomic mass is 9.81. The van der Waals surface area contributed by atoms with Gasteiger partial charge in [0, 0.05) is 41.7 Å². The van der Waals surface area contributed by atoms with Crippen LogP contribution in [0.5, 0.6) is 0 Å². The highest BCUT2D eigenvalue weighted by molar-refractivity contribution is 5.91. The number of carbonyl (C=O) groups excluding carboxylic acids is 1. The van der Waals surface area contributed by atoms with Crippen LogP contribution in [0.3, 0.4) is 0 Å². The summed E-state index contributed by atoms with van der Waals surface area (Å²) in [7, 11) is 0. The number of nitrogens with zero attached hydrogens (tertiary/aromatic N) is 3. The lowest BCUT2D eigenvalue weighted by molar-refractivity contribution is -0.144. The number of hydrogen-bond donors (Lipinski definition) is 2. The highest BCUT2D eigenvalue weighted by Crippen LogP contribution is 2.29. The smallest absolute Gasteiger partial charge is 0.347 e. The third kappa shape index (κ3) is 4.29. The quantitative estimate of drug-likeness (QED) is 0.672. The maximum absolute atomic E-state index is 12.4. The molecular formula is C19H20F3N5O. The molecule has 0 radical (unpaired) electrons. The van der Waals surface area contributed by atoms with Gasteiger partial charge in [0.05, 0.1) is 5.41 Å². The number of carbonyl (C=O) groups is 1. The van der Waals surface area contributed by atoms with Gasteiger partial charge >= 0.3 is 6.18 Å². The van der Waals surface area contributed by atoms with E-state index in [-0.39, 0.29) is 6.42 Å². The van der Waals surface area contributed by atoms with Gasteiger partial charge in [0.1, 0.15) is 12.2 Å². The SMILES string of the molecule is CC[C@@](C)(Cc1ccnc(-c2c[nH]c3ncccc23)n1)C(=O)NCC(F)(F)F. The maximum atomic E-state index is 12.4. The van der Waals surface area contributed by atoms with Crippen LogP contribution in [-0.4, -0.2) is 38.6 Å². The fourth-order valence-corrected chi connectivity index (χ4v) is 2.92. The minimum Gasteiger partial charge on any atom is -0.347 e. The molecule has 3 rings (SSSR count). The van der Waals surface area contributed by atoms with Crippen molar-refractivity contribution in [3.05, 3.63) is 42.5 Å². The Morgan fingerprint density at radius 1 is 1.21 bits per heavy atom. The summed E-state index contributed by atoms with van der Waals surface area (Å²) in [6.07, 6.45) is 1.13. The number of nitrogens with one attached hydrogen (secondary N) is 2. The fraction of sp³-hybridized carbons (Fsp3) is 0.368. The van der Waals surface area contributed by atoms with Crippen LogP contribution in [-0.2, 0) is 11.2 Å². The molecule has 0 unspecified atom stereocenters. The molecule has 0 aliphatic carbocycles. The molecule has 0 saturated heterocycles. The van der Waals surface area contributed by atoms with Crippen molar-refractivity contribution in [2.75, 3.05) is 6.54 Å². The van der Waals surface area contributed by atoms with Crippen LogP contribution in [0.25, 0.3) is 22.4 Å². The van der Waals surface area contributed by atoms with E-state index >= 15 is 0 Å². The molecule has 0 aromatic carbocycles. The molecule has 28 heavy (non-hydrogen) atoms. The van der Waals surface area contributed by atoms with Crippen molar-refractivity contribution in [1.29, 1.82) is 0 Å². The van der Waals surface area contributed by atoms with Crippen LogP contribution in [0, 0.1) is 5.41 Å². The van der Waals surface area contributed by atoms with Gasteiger partial charge in [0.15, 0.2) is 5.82 Å². The van der Waals surface area contributed by atoms with Gasteiger partial charge in [0.2, 0.25) is 5.91 Å². The average Bonchev–Trinajstić information content (AvgIpc) is 3.09. The van der Waals surface area contributed by atoms with E-state index in [1.807, 2.05) is 17.4 Å². The Hall–Kier alpha value is -2.97. The Balaban J connectivity index is 1.84. The maximum Gasteiger partial charge on any atom is 0.405 e. The highest BCUT2D eigenvalue weighted by Gasteiger charge is 2.35. The van der Waals surface area contributed by atoms with Crippen molar-refractivity contribution in [3.8, 4) is 11.4 Å². The van der Waals surface area contributed by atoms with Crippen molar-refractivity contribution in [2.24, 2.45) is 5.41 Å². The van der Waals surface area contributed by atoms with Crippen molar-refractivity contribution >= 4 is 16.9 Å². The van der Waals surface area contributed by atoms with Gasteiger partial charge in [-0.2, -0.15) is 13.2 Å². The van der Waals surface area contributed by atoms with Gasteiger partial charge in [-0.05, 0) is 24.6 Å². The predicted molar refractivity (Wildman–Crippen MR) is 98.3 cm³/mol. The summed E-state index contributed by atoms with van der Waals surface area (Å²) in [4.78, 5) is 28.5. The number of rotatable bonds is 6. The molecule has 3 aromatic heterocycles. The number of H-pyrrole nitrogens is 1. The van der Waals surface area contributed by atoms with Crippen molar-refractivity contribution < 1.29 is 18.0 Å². The van der Waals surface area contributed by atoms with Crippen LogP contribution in [0.4, 0.5) is 13.2 Å². The number of aromatic nitrogens is 4. The van der Waals surface area contributed by atoms with E-state index < -0.39 is 24.0 Å². The molecule has 3 heterocycles. The zero-order chi connectivity index (χ0) is 20.4. The third-order valence-corrected chi connectivity index (χ3v) is 4.75. The molecule has 0 fully saturated rings. The van der Waals surface area contributed by atoms with Crippen LogP contribution in [0.2, 0.25) is 0 Å². The second kappa shape index (κ2) is 7.57. The van der Waals surface area contributed by atoms with Gasteiger partial charge in [-0.15, -0.1) is 0 Å². The average molecular weight is 391 g/mol. The van der Waals surface area contributed by atoms with E-state index in [0.29, 0.717) is 23.6 Å². The topological polar surface area (TPSA) is 83.6 Å². The molecule has 0 aliphatic rings. The molecule has 0 aliphatic heterocycles. The summed E-state index contributed by atoms with van der Waals surface area (Å²) >= 11 is 0. The van der Waals surface area contributed by atoms with Gasteiger partial charge in [-0.1, -0.05) is 13.8 Å². The third-order valence-electron chi connectivity index (χ3n) is 4.75. The largest absolute Gasteiger partial charge is 0.405 e. The lowest BCUT2D eigenvalue weighted by Crippen LogP contribution is -2.44. The number of fused-ring (bicyclic) bond motifs is 1. The van der Waals surface area contributed by atoms with Crippen LogP contribution < -0.4 is 5.32 Å². The van der Waals surface area contributed by atoms with Crippen molar-refractivity contribution in [3.63, 3.8) is 0 Å². The van der Waals surface area contributed by atoms with Crippen LogP contribution >= 0.6 is 0 Å². The van der Waals surface area contributed by atoms with Crippen molar-refractivity contribution in [2.45, 2.75) is 32.9 Å². The molecule has 9 heteroatoms. The number of pyridine rings is 1. The monoisotopic (exact) mass is 391 g/mol. The van der Waals surface area contributed by atoms with Crippen LogP contribution in [0.1, 0.15) is 26.0 Å². The summed E-state index contributed by atoms with van der Waals surface area (Å²) in [6, 6.07) is 5.37. The standard InChI is InChI=1S/C19H20F3N5O/c1-3-18(2,17(28)26-11-19(20,21)22)9-12-6-8-24-16(27-12)14-10-25-15-13(14)5-4-7-23-15/h4-8,10H,3,9,11H2,1-2H3,(H,23,25)(H,26,28)/t18-/m0/s1. The van der Waals surface area contributed by atoms with Gasteiger partial charge in [-0.25, -0.2) is 15.0 Å². The number of halogens is 3. The summed E-state index contributed by atoms with van der Waals surface area (Å²) in [5, 5.41) is 2.84. The molecule has 6 nitrogen and oxygen atoms in total. The first-order valence-corrected chi connectivity index (χ1v) is 8.81. The van der Waals surface area contributed by atoms with Gasteiger partial charge in [0.25, 0.3) is 0 Å². The first-order chi connectivity index (χ1) is 13.2. The Morgan fingerprint density at radius 2 is 2.00 bits per heavy atom. The number of aromatic amines is 1. The summed E-state index contributed by atoms with van der Waals surface area (Å²) in [5.74, 6) is -0.185. The summed E-state index contributed by atoms with van der Waals surface area (Å²) in [6.45, 7) is 2.05. The minimum atomic E-state index is -4.45. The lowest BCUT2D eigenvalue weighted by Gasteiger charge is -2.27. The molecule has 1 atom stereocenters. The summed E-state index contributed by atoms with van der Waals surface area (Å²) in [5.41, 5.74) is 1.04. The Kier molecular flexibility index (Phi) is 5.35. The number of amides is 1. The Labute approximate surface area is 159 Å². The predicted octanol–water partition coefficient (Wildman–Crippen LogP) is 3.66. The first kappa shape index (κ1) is 19.8. The highest BCUT2D eigenvalue weighted by atomic mass is 19.4. The zero-order valence-electron chi connectivity index (χ0n) is 15.5. The number of hydrogen-bond acceptors (Lipinski definition) is 4. The minimum absolute atomic E-state index is 0.198.